The van der Waals surface area contributed by atoms with Crippen molar-refractivity contribution in [2.45, 2.75) is 51.2 Å². The Labute approximate surface area is 86.8 Å². The Hall–Kier alpha value is -0.560. The van der Waals surface area contributed by atoms with Crippen molar-refractivity contribution in [2.24, 2.45) is 5.73 Å². The molecule has 1 saturated heterocycles. The van der Waals surface area contributed by atoms with E-state index in [1.165, 1.54) is 19.3 Å². The van der Waals surface area contributed by atoms with E-state index in [2.05, 4.69) is 19.2 Å². The van der Waals surface area contributed by atoms with Crippen LogP contribution < -0.4 is 5.73 Å². The zero-order chi connectivity index (χ0) is 10.6. The summed E-state index contributed by atoms with van der Waals surface area (Å²) in [6.45, 7) is 8.47. The minimum absolute atomic E-state index is 0.151. The van der Waals surface area contributed by atoms with Gasteiger partial charge >= 0.3 is 0 Å². The van der Waals surface area contributed by atoms with E-state index in [-0.39, 0.29) is 11.6 Å². The Bertz CT molecular complexity index is 239. The monoisotopic (exact) mass is 195 g/mol. The van der Waals surface area contributed by atoms with E-state index >= 15 is 0 Å². The number of ether oxygens (including phenoxy) is 1. The quantitative estimate of drug-likeness (QED) is 0.552. The SMILES string of the molecule is C=C=C1CO[C@H](CCCCC)[C@@]1(C)N. The highest BCUT2D eigenvalue weighted by Gasteiger charge is 2.40. The molecule has 0 aromatic heterocycles. The number of hydrogen-bond donors (Lipinski definition) is 1. The summed E-state index contributed by atoms with van der Waals surface area (Å²) in [5.41, 5.74) is 9.75. The minimum atomic E-state index is -0.352. The largest absolute Gasteiger partial charge is 0.371 e. The van der Waals surface area contributed by atoms with Crippen molar-refractivity contribution in [3.05, 3.63) is 17.9 Å². The standard InChI is InChI=1S/C12H21NO/c1-4-6-7-8-11-12(3,13)10(5-2)9-14-11/h11H,2,4,6-9,13H2,1,3H3/t11-,12+/m1/s1. The lowest BCUT2D eigenvalue weighted by Crippen LogP contribution is -2.45. The van der Waals surface area contributed by atoms with Gasteiger partial charge < -0.3 is 10.5 Å². The second-order valence-corrected chi connectivity index (χ2v) is 4.23. The van der Waals surface area contributed by atoms with Gasteiger partial charge in [0.25, 0.3) is 0 Å². The Morgan fingerprint density at radius 2 is 2.36 bits per heavy atom. The molecule has 0 aromatic carbocycles. The van der Waals surface area contributed by atoms with Crippen LogP contribution in [0.5, 0.6) is 0 Å². The van der Waals surface area contributed by atoms with Crippen molar-refractivity contribution in [1.29, 1.82) is 0 Å². The summed E-state index contributed by atoms with van der Waals surface area (Å²) in [6.07, 6.45) is 4.88. The minimum Gasteiger partial charge on any atom is -0.371 e. The van der Waals surface area contributed by atoms with Crippen LogP contribution in [0.15, 0.2) is 17.9 Å². The van der Waals surface area contributed by atoms with Crippen LogP contribution in [0, 0.1) is 0 Å². The average molecular weight is 195 g/mol. The van der Waals surface area contributed by atoms with Gasteiger partial charge in [0.1, 0.15) is 0 Å². The van der Waals surface area contributed by atoms with Gasteiger partial charge in [0.15, 0.2) is 0 Å². The zero-order valence-corrected chi connectivity index (χ0v) is 9.31. The summed E-state index contributed by atoms with van der Waals surface area (Å²) >= 11 is 0. The highest BCUT2D eigenvalue weighted by atomic mass is 16.5. The first-order valence-corrected chi connectivity index (χ1v) is 5.42. The van der Waals surface area contributed by atoms with Gasteiger partial charge in [0.2, 0.25) is 0 Å². The molecule has 0 saturated carbocycles. The highest BCUT2D eigenvalue weighted by Crippen LogP contribution is 2.30. The predicted molar refractivity (Wildman–Crippen MR) is 59.1 cm³/mol. The van der Waals surface area contributed by atoms with Gasteiger partial charge in [-0.3, -0.25) is 0 Å². The molecule has 0 unspecified atom stereocenters. The van der Waals surface area contributed by atoms with E-state index in [4.69, 9.17) is 10.5 Å². The summed E-state index contributed by atoms with van der Waals surface area (Å²) in [5, 5.41) is 0. The number of hydrogen-bond acceptors (Lipinski definition) is 2. The maximum atomic E-state index is 6.19. The fourth-order valence-electron chi connectivity index (χ4n) is 1.91. The number of rotatable bonds is 4. The van der Waals surface area contributed by atoms with Gasteiger partial charge in [-0.05, 0) is 13.3 Å². The summed E-state index contributed by atoms with van der Waals surface area (Å²) in [7, 11) is 0. The van der Waals surface area contributed by atoms with E-state index in [1.807, 2.05) is 6.92 Å². The first-order valence-electron chi connectivity index (χ1n) is 5.42. The molecule has 14 heavy (non-hydrogen) atoms. The van der Waals surface area contributed by atoms with Crippen molar-refractivity contribution < 1.29 is 4.74 Å². The van der Waals surface area contributed by atoms with Crippen LogP contribution in [-0.2, 0) is 4.74 Å². The summed E-state index contributed by atoms with van der Waals surface area (Å²) in [5.74, 6) is 0. The van der Waals surface area contributed by atoms with Gasteiger partial charge in [0.05, 0.1) is 18.2 Å². The molecule has 1 rings (SSSR count). The van der Waals surface area contributed by atoms with Crippen molar-refractivity contribution >= 4 is 0 Å². The fraction of sp³-hybridized carbons (Fsp3) is 0.750. The number of nitrogens with two attached hydrogens (primary N) is 1. The Morgan fingerprint density at radius 1 is 1.64 bits per heavy atom. The van der Waals surface area contributed by atoms with E-state index < -0.39 is 0 Å². The molecule has 0 aromatic rings. The van der Waals surface area contributed by atoms with Crippen LogP contribution in [0.3, 0.4) is 0 Å². The van der Waals surface area contributed by atoms with Gasteiger partial charge in [0, 0.05) is 5.57 Å². The molecule has 2 nitrogen and oxygen atoms in total. The Balaban J connectivity index is 2.52. The lowest BCUT2D eigenvalue weighted by molar-refractivity contribution is 0.0758. The maximum Gasteiger partial charge on any atom is 0.0802 e. The molecule has 2 heteroatoms. The third kappa shape index (κ3) is 2.27. The van der Waals surface area contributed by atoms with Crippen molar-refractivity contribution in [3.8, 4) is 0 Å². The fourth-order valence-corrected chi connectivity index (χ4v) is 1.91. The first-order chi connectivity index (χ1) is 6.62. The van der Waals surface area contributed by atoms with Crippen molar-refractivity contribution in [2.75, 3.05) is 6.61 Å². The molecule has 2 atom stereocenters. The maximum absolute atomic E-state index is 6.19. The van der Waals surface area contributed by atoms with Crippen LogP contribution in [0.25, 0.3) is 0 Å². The van der Waals surface area contributed by atoms with Gasteiger partial charge in [-0.25, -0.2) is 0 Å². The summed E-state index contributed by atoms with van der Waals surface area (Å²) < 4.78 is 5.65. The Morgan fingerprint density at radius 3 is 2.86 bits per heavy atom. The molecule has 80 valence electrons. The molecular formula is C12H21NO. The van der Waals surface area contributed by atoms with Crippen LogP contribution in [0.1, 0.15) is 39.5 Å². The van der Waals surface area contributed by atoms with Gasteiger partial charge in [-0.2, -0.15) is 0 Å². The number of unbranched alkanes of at least 4 members (excludes halogenated alkanes) is 2. The lowest BCUT2D eigenvalue weighted by Gasteiger charge is -2.25. The zero-order valence-electron chi connectivity index (χ0n) is 9.31. The normalized spacial score (nSPS) is 31.9. The first kappa shape index (κ1) is 11.5. The molecule has 0 spiro atoms. The van der Waals surface area contributed by atoms with Crippen LogP contribution >= 0.6 is 0 Å². The Kier molecular flexibility index (Phi) is 3.94. The van der Waals surface area contributed by atoms with Crippen molar-refractivity contribution in [1.82, 2.24) is 0 Å². The third-order valence-electron chi connectivity index (χ3n) is 3.03. The van der Waals surface area contributed by atoms with Crippen LogP contribution in [0.2, 0.25) is 0 Å². The second-order valence-electron chi connectivity index (χ2n) is 4.23. The molecule has 1 heterocycles. The third-order valence-corrected chi connectivity index (χ3v) is 3.03. The molecule has 0 bridgehead atoms. The van der Waals surface area contributed by atoms with E-state index in [1.54, 1.807) is 0 Å². The van der Waals surface area contributed by atoms with Gasteiger partial charge in [-0.15, -0.1) is 5.73 Å². The topological polar surface area (TPSA) is 35.2 Å². The van der Waals surface area contributed by atoms with Crippen LogP contribution in [0.4, 0.5) is 0 Å². The average Bonchev–Trinajstić information content (AvgIpc) is 2.42. The summed E-state index contributed by atoms with van der Waals surface area (Å²) in [6, 6.07) is 0. The molecular weight excluding hydrogens is 174 g/mol. The molecule has 2 N–H and O–H groups in total. The highest BCUT2D eigenvalue weighted by molar-refractivity contribution is 5.23. The second kappa shape index (κ2) is 4.79. The molecule has 1 aliphatic rings. The smallest absolute Gasteiger partial charge is 0.0802 e. The van der Waals surface area contributed by atoms with Crippen molar-refractivity contribution in [3.63, 3.8) is 0 Å². The lowest BCUT2D eigenvalue weighted by atomic mass is 9.88. The summed E-state index contributed by atoms with van der Waals surface area (Å²) in [4.78, 5) is 0. The van der Waals surface area contributed by atoms with E-state index in [9.17, 15) is 0 Å². The molecule has 0 radical (unpaired) electrons. The molecule has 1 aliphatic heterocycles. The molecule has 0 aliphatic carbocycles. The van der Waals surface area contributed by atoms with Crippen LogP contribution in [-0.4, -0.2) is 18.2 Å². The molecule has 0 amide bonds. The predicted octanol–water partition coefficient (Wildman–Crippen LogP) is 2.39. The van der Waals surface area contributed by atoms with E-state index in [0.29, 0.717) is 6.61 Å². The van der Waals surface area contributed by atoms with Gasteiger partial charge in [-0.1, -0.05) is 32.8 Å². The molecule has 1 fully saturated rings. The van der Waals surface area contributed by atoms with E-state index in [0.717, 1.165) is 12.0 Å².